The van der Waals surface area contributed by atoms with Gasteiger partial charge in [-0.1, -0.05) is 31.2 Å². The topological polar surface area (TPSA) is 77.5 Å². The Labute approximate surface area is 156 Å². The second-order valence-electron chi connectivity index (χ2n) is 6.10. The SMILES string of the molecule is CCc1ccc(-c2nc(C(=O)OCC(=O)NC[C@H]3CCCO3)cs2)cc1. The standard InChI is InChI=1S/C19H22N2O4S/c1-2-13-5-7-14(8-6-13)18-21-16(12-26-18)19(23)25-11-17(22)20-10-15-4-3-9-24-15/h5-8,12,15H,2-4,9-11H2,1H3,(H,20,22)/t15-/m1/s1. The van der Waals surface area contributed by atoms with Crippen molar-refractivity contribution in [2.24, 2.45) is 0 Å². The maximum atomic E-state index is 12.1. The minimum Gasteiger partial charge on any atom is -0.451 e. The van der Waals surface area contributed by atoms with E-state index < -0.39 is 5.97 Å². The molecule has 1 aliphatic heterocycles. The van der Waals surface area contributed by atoms with Crippen LogP contribution >= 0.6 is 11.3 Å². The van der Waals surface area contributed by atoms with Gasteiger partial charge in [-0.2, -0.15) is 0 Å². The zero-order chi connectivity index (χ0) is 18.4. The van der Waals surface area contributed by atoms with Crippen LogP contribution in [0.5, 0.6) is 0 Å². The fourth-order valence-corrected chi connectivity index (χ4v) is 3.47. The second kappa shape index (κ2) is 8.91. The fraction of sp³-hybridized carbons (Fsp3) is 0.421. The van der Waals surface area contributed by atoms with Crippen LogP contribution in [0.2, 0.25) is 0 Å². The summed E-state index contributed by atoms with van der Waals surface area (Å²) in [7, 11) is 0. The zero-order valence-electron chi connectivity index (χ0n) is 14.7. The lowest BCUT2D eigenvalue weighted by Gasteiger charge is -2.10. The first-order chi connectivity index (χ1) is 12.7. The van der Waals surface area contributed by atoms with E-state index in [1.807, 2.05) is 24.3 Å². The molecule has 1 saturated heterocycles. The van der Waals surface area contributed by atoms with Crippen molar-refractivity contribution in [3.63, 3.8) is 0 Å². The highest BCUT2D eigenvalue weighted by Gasteiger charge is 2.18. The summed E-state index contributed by atoms with van der Waals surface area (Å²) in [6.45, 7) is 2.97. The van der Waals surface area contributed by atoms with Crippen molar-refractivity contribution in [2.75, 3.05) is 19.8 Å². The molecule has 6 nitrogen and oxygen atoms in total. The molecule has 1 aromatic heterocycles. The number of rotatable bonds is 7. The van der Waals surface area contributed by atoms with Gasteiger partial charge in [-0.05, 0) is 24.8 Å². The van der Waals surface area contributed by atoms with Crippen LogP contribution in [0.3, 0.4) is 0 Å². The third-order valence-corrected chi connectivity index (χ3v) is 5.10. The maximum Gasteiger partial charge on any atom is 0.358 e. The highest BCUT2D eigenvalue weighted by atomic mass is 32.1. The maximum absolute atomic E-state index is 12.1. The number of aryl methyl sites for hydroxylation is 1. The second-order valence-corrected chi connectivity index (χ2v) is 6.96. The van der Waals surface area contributed by atoms with Crippen LogP contribution in [0.1, 0.15) is 35.8 Å². The van der Waals surface area contributed by atoms with Crippen LogP contribution in [0, 0.1) is 0 Å². The summed E-state index contributed by atoms with van der Waals surface area (Å²) in [6, 6.07) is 8.08. The normalized spacial score (nSPS) is 16.4. The molecule has 0 bridgehead atoms. The molecule has 0 unspecified atom stereocenters. The molecule has 7 heteroatoms. The number of hydrogen-bond acceptors (Lipinski definition) is 6. The Morgan fingerprint density at radius 2 is 2.15 bits per heavy atom. The molecule has 1 N–H and O–H groups in total. The molecule has 1 atom stereocenters. The number of ether oxygens (including phenoxy) is 2. The average molecular weight is 374 g/mol. The molecule has 2 heterocycles. The summed E-state index contributed by atoms with van der Waals surface area (Å²) in [4.78, 5) is 28.1. The molecule has 1 amide bonds. The van der Waals surface area contributed by atoms with Crippen molar-refractivity contribution < 1.29 is 19.1 Å². The van der Waals surface area contributed by atoms with Crippen LogP contribution < -0.4 is 5.32 Å². The van der Waals surface area contributed by atoms with Gasteiger partial charge in [-0.25, -0.2) is 9.78 Å². The lowest BCUT2D eigenvalue weighted by atomic mass is 10.1. The van der Waals surface area contributed by atoms with Crippen molar-refractivity contribution in [2.45, 2.75) is 32.3 Å². The van der Waals surface area contributed by atoms with Crippen molar-refractivity contribution >= 4 is 23.2 Å². The number of thiazole rings is 1. The molecule has 26 heavy (non-hydrogen) atoms. The van der Waals surface area contributed by atoms with E-state index in [2.05, 4.69) is 17.2 Å². The van der Waals surface area contributed by atoms with Gasteiger partial charge < -0.3 is 14.8 Å². The van der Waals surface area contributed by atoms with E-state index in [0.29, 0.717) is 6.54 Å². The molecule has 0 spiro atoms. The number of amides is 1. The summed E-state index contributed by atoms with van der Waals surface area (Å²) in [5.74, 6) is -0.926. The molecular formula is C19H22N2O4S. The van der Waals surface area contributed by atoms with E-state index in [4.69, 9.17) is 9.47 Å². The van der Waals surface area contributed by atoms with Gasteiger partial charge >= 0.3 is 5.97 Å². The highest BCUT2D eigenvalue weighted by Crippen LogP contribution is 2.24. The molecule has 1 fully saturated rings. The summed E-state index contributed by atoms with van der Waals surface area (Å²) >= 11 is 1.38. The quantitative estimate of drug-likeness (QED) is 0.754. The van der Waals surface area contributed by atoms with E-state index in [1.54, 1.807) is 5.38 Å². The van der Waals surface area contributed by atoms with E-state index in [9.17, 15) is 9.59 Å². The number of carbonyl (C=O) groups excluding carboxylic acids is 2. The van der Waals surface area contributed by atoms with Crippen LogP contribution in [0.25, 0.3) is 10.6 Å². The van der Waals surface area contributed by atoms with Gasteiger partial charge in [0.1, 0.15) is 5.01 Å². The van der Waals surface area contributed by atoms with Crippen LogP contribution in [0.15, 0.2) is 29.6 Å². The first kappa shape index (κ1) is 18.5. The Balaban J connectivity index is 1.48. The molecule has 3 rings (SSSR count). The summed E-state index contributed by atoms with van der Waals surface area (Å²) in [6.07, 6.45) is 3.00. The number of carbonyl (C=O) groups is 2. The predicted octanol–water partition coefficient (Wildman–Crippen LogP) is 2.82. The van der Waals surface area contributed by atoms with Gasteiger partial charge in [-0.3, -0.25) is 4.79 Å². The lowest BCUT2D eigenvalue weighted by molar-refractivity contribution is -0.124. The van der Waals surface area contributed by atoms with Crippen LogP contribution in [-0.2, 0) is 20.7 Å². The monoisotopic (exact) mass is 374 g/mol. The largest absolute Gasteiger partial charge is 0.451 e. The van der Waals surface area contributed by atoms with Crippen molar-refractivity contribution in [1.29, 1.82) is 0 Å². The van der Waals surface area contributed by atoms with Gasteiger partial charge in [0.15, 0.2) is 12.3 Å². The average Bonchev–Trinajstić information content (AvgIpc) is 3.36. The smallest absolute Gasteiger partial charge is 0.358 e. The predicted molar refractivity (Wildman–Crippen MR) is 99.2 cm³/mol. The van der Waals surface area contributed by atoms with Gasteiger partial charge in [-0.15, -0.1) is 11.3 Å². The number of esters is 1. The third kappa shape index (κ3) is 4.89. The van der Waals surface area contributed by atoms with E-state index in [1.165, 1.54) is 16.9 Å². The molecular weight excluding hydrogens is 352 g/mol. The minimum atomic E-state index is -0.593. The van der Waals surface area contributed by atoms with Crippen molar-refractivity contribution in [1.82, 2.24) is 10.3 Å². The molecule has 138 valence electrons. The van der Waals surface area contributed by atoms with Gasteiger partial charge in [0.25, 0.3) is 5.91 Å². The first-order valence-corrected chi connectivity index (χ1v) is 9.64. The first-order valence-electron chi connectivity index (χ1n) is 8.76. The van der Waals surface area contributed by atoms with Gasteiger partial charge in [0.2, 0.25) is 0 Å². The number of nitrogens with zero attached hydrogens (tertiary/aromatic N) is 1. The summed E-state index contributed by atoms with van der Waals surface area (Å²) in [5, 5.41) is 5.12. The van der Waals surface area contributed by atoms with Crippen molar-refractivity contribution in [3.8, 4) is 10.6 Å². The van der Waals surface area contributed by atoms with Crippen LogP contribution in [0.4, 0.5) is 0 Å². The van der Waals surface area contributed by atoms with E-state index in [0.717, 1.165) is 36.4 Å². The number of nitrogens with one attached hydrogen (secondary N) is 1. The molecule has 0 aliphatic carbocycles. The Bertz CT molecular complexity index is 751. The van der Waals surface area contributed by atoms with E-state index in [-0.39, 0.29) is 24.3 Å². The number of benzene rings is 1. The van der Waals surface area contributed by atoms with E-state index >= 15 is 0 Å². The summed E-state index contributed by atoms with van der Waals surface area (Å²) in [5.41, 5.74) is 2.43. The zero-order valence-corrected chi connectivity index (χ0v) is 15.5. The Kier molecular flexibility index (Phi) is 6.35. The van der Waals surface area contributed by atoms with Crippen LogP contribution in [-0.4, -0.2) is 42.7 Å². The third-order valence-electron chi connectivity index (χ3n) is 4.21. The molecule has 1 aliphatic rings. The number of hydrogen-bond donors (Lipinski definition) is 1. The lowest BCUT2D eigenvalue weighted by Crippen LogP contribution is -2.34. The summed E-state index contributed by atoms with van der Waals surface area (Å²) < 4.78 is 10.5. The number of aromatic nitrogens is 1. The Hall–Kier alpha value is -2.25. The molecule has 1 aromatic carbocycles. The molecule has 2 aromatic rings. The Morgan fingerprint density at radius 1 is 1.35 bits per heavy atom. The molecule has 0 radical (unpaired) electrons. The minimum absolute atomic E-state index is 0.0647. The highest BCUT2D eigenvalue weighted by molar-refractivity contribution is 7.13. The van der Waals surface area contributed by atoms with Gasteiger partial charge in [0.05, 0.1) is 6.10 Å². The van der Waals surface area contributed by atoms with Gasteiger partial charge in [0, 0.05) is 24.1 Å². The Morgan fingerprint density at radius 3 is 2.85 bits per heavy atom. The fourth-order valence-electron chi connectivity index (χ4n) is 2.67. The van der Waals surface area contributed by atoms with Crippen molar-refractivity contribution in [3.05, 3.63) is 40.9 Å². The molecule has 0 saturated carbocycles.